The van der Waals surface area contributed by atoms with E-state index in [1.165, 1.54) is 30.6 Å². The van der Waals surface area contributed by atoms with Crippen LogP contribution in [-0.4, -0.2) is 50.6 Å². The van der Waals surface area contributed by atoms with E-state index in [4.69, 9.17) is 9.84 Å². The van der Waals surface area contributed by atoms with Gasteiger partial charge in [-0.2, -0.15) is 4.31 Å². The Balaban J connectivity index is 3.35. The third-order valence-electron chi connectivity index (χ3n) is 3.38. The summed E-state index contributed by atoms with van der Waals surface area (Å²) in [6.45, 7) is 3.82. The van der Waals surface area contributed by atoms with Crippen molar-refractivity contribution in [1.29, 1.82) is 0 Å². The summed E-state index contributed by atoms with van der Waals surface area (Å²) in [4.78, 5) is 11.1. The summed E-state index contributed by atoms with van der Waals surface area (Å²) >= 11 is 0. The second kappa shape index (κ2) is 7.02. The van der Waals surface area contributed by atoms with Crippen LogP contribution in [0.4, 0.5) is 0 Å². The van der Waals surface area contributed by atoms with Gasteiger partial charge in [0, 0.05) is 20.2 Å². The number of carboxylic acids is 1. The van der Waals surface area contributed by atoms with Crippen molar-refractivity contribution in [3.63, 3.8) is 0 Å². The van der Waals surface area contributed by atoms with Crippen molar-refractivity contribution in [3.05, 3.63) is 29.3 Å². The first kappa shape index (κ1) is 17.6. The molecule has 0 radical (unpaired) electrons. The zero-order valence-corrected chi connectivity index (χ0v) is 13.5. The number of rotatable bonds is 7. The average Bonchev–Trinajstić information content (AvgIpc) is 2.45. The molecule has 0 fully saturated rings. The summed E-state index contributed by atoms with van der Waals surface area (Å²) < 4.78 is 31.5. The van der Waals surface area contributed by atoms with Gasteiger partial charge in [-0.1, -0.05) is 13.0 Å². The molecular weight excluding hydrogens is 294 g/mol. The molecule has 0 bridgehead atoms. The molecule has 0 heterocycles. The number of aromatic carboxylic acids is 1. The van der Waals surface area contributed by atoms with Crippen molar-refractivity contribution in [2.45, 2.75) is 31.2 Å². The SMILES string of the molecule is CCc1ccc(C(=O)O)cc1S(=O)(=O)N(C)C(C)COC. The molecule has 1 aromatic rings. The minimum atomic E-state index is -3.77. The Labute approximate surface area is 125 Å². The quantitative estimate of drug-likeness (QED) is 0.826. The van der Waals surface area contributed by atoms with Crippen LogP contribution in [0.3, 0.4) is 0 Å². The molecule has 118 valence electrons. The molecule has 0 saturated heterocycles. The normalized spacial score (nSPS) is 13.4. The first-order valence-corrected chi connectivity index (χ1v) is 8.02. The molecule has 1 atom stereocenters. The van der Waals surface area contributed by atoms with Gasteiger partial charge in [0.15, 0.2) is 0 Å². The van der Waals surface area contributed by atoms with Crippen molar-refractivity contribution < 1.29 is 23.1 Å². The van der Waals surface area contributed by atoms with Crippen molar-refractivity contribution in [2.75, 3.05) is 20.8 Å². The monoisotopic (exact) mass is 315 g/mol. The van der Waals surface area contributed by atoms with Crippen molar-refractivity contribution >= 4 is 16.0 Å². The van der Waals surface area contributed by atoms with Crippen LogP contribution in [0.2, 0.25) is 0 Å². The Kier molecular flexibility index (Phi) is 5.88. The van der Waals surface area contributed by atoms with Crippen molar-refractivity contribution in [1.82, 2.24) is 4.31 Å². The topological polar surface area (TPSA) is 83.9 Å². The van der Waals surface area contributed by atoms with E-state index in [0.29, 0.717) is 12.0 Å². The highest BCUT2D eigenvalue weighted by molar-refractivity contribution is 7.89. The van der Waals surface area contributed by atoms with Gasteiger partial charge in [0.25, 0.3) is 0 Å². The minimum absolute atomic E-state index is 0.0374. The molecule has 0 aliphatic heterocycles. The molecule has 1 aromatic carbocycles. The molecule has 0 aliphatic rings. The molecule has 6 nitrogen and oxygen atoms in total. The molecule has 0 amide bonds. The Hall–Kier alpha value is -1.44. The van der Waals surface area contributed by atoms with Gasteiger partial charge in [-0.25, -0.2) is 13.2 Å². The van der Waals surface area contributed by atoms with Crippen LogP contribution < -0.4 is 0 Å². The lowest BCUT2D eigenvalue weighted by Gasteiger charge is -2.25. The molecule has 0 saturated carbocycles. The average molecular weight is 315 g/mol. The Morgan fingerprint density at radius 2 is 2.05 bits per heavy atom. The van der Waals surface area contributed by atoms with E-state index in [1.54, 1.807) is 13.0 Å². The maximum absolute atomic E-state index is 12.7. The summed E-state index contributed by atoms with van der Waals surface area (Å²) in [6.07, 6.45) is 0.501. The van der Waals surface area contributed by atoms with Crippen LogP contribution in [0.15, 0.2) is 23.1 Å². The van der Waals surface area contributed by atoms with E-state index >= 15 is 0 Å². The third kappa shape index (κ3) is 3.81. The van der Waals surface area contributed by atoms with Gasteiger partial charge in [0.05, 0.1) is 17.1 Å². The van der Waals surface area contributed by atoms with Gasteiger partial charge in [0.1, 0.15) is 0 Å². The number of hydrogen-bond donors (Lipinski definition) is 1. The molecular formula is C14H21NO5S. The first-order chi connectivity index (χ1) is 9.75. The van der Waals surface area contributed by atoms with E-state index in [2.05, 4.69) is 0 Å². The number of sulfonamides is 1. The fourth-order valence-corrected chi connectivity index (χ4v) is 3.62. The van der Waals surface area contributed by atoms with Crippen LogP contribution in [0.1, 0.15) is 29.8 Å². The molecule has 1 rings (SSSR count). The number of nitrogens with zero attached hydrogens (tertiary/aromatic N) is 1. The zero-order chi connectivity index (χ0) is 16.2. The smallest absolute Gasteiger partial charge is 0.335 e. The van der Waals surface area contributed by atoms with Gasteiger partial charge in [-0.05, 0) is 31.0 Å². The maximum Gasteiger partial charge on any atom is 0.335 e. The number of carbonyl (C=O) groups is 1. The highest BCUT2D eigenvalue weighted by atomic mass is 32.2. The third-order valence-corrected chi connectivity index (χ3v) is 5.43. The molecule has 1 unspecified atom stereocenters. The van der Waals surface area contributed by atoms with Gasteiger partial charge in [0.2, 0.25) is 10.0 Å². The van der Waals surface area contributed by atoms with Crippen LogP contribution in [0.5, 0.6) is 0 Å². The summed E-state index contributed by atoms with van der Waals surface area (Å²) in [5.74, 6) is -1.15. The van der Waals surface area contributed by atoms with E-state index in [0.717, 1.165) is 0 Å². The van der Waals surface area contributed by atoms with Gasteiger partial charge >= 0.3 is 5.97 Å². The largest absolute Gasteiger partial charge is 0.478 e. The van der Waals surface area contributed by atoms with E-state index in [-0.39, 0.29) is 23.1 Å². The van der Waals surface area contributed by atoms with Crippen LogP contribution >= 0.6 is 0 Å². The number of aryl methyl sites for hydroxylation is 1. The molecule has 1 N–H and O–H groups in total. The standard InChI is InChI=1S/C14H21NO5S/c1-5-11-6-7-12(14(16)17)8-13(11)21(18,19)15(3)10(2)9-20-4/h6-8,10H,5,9H2,1-4H3,(H,16,17). The fraction of sp³-hybridized carbons (Fsp3) is 0.500. The number of benzene rings is 1. The summed E-state index contributed by atoms with van der Waals surface area (Å²) in [5, 5.41) is 9.04. The summed E-state index contributed by atoms with van der Waals surface area (Å²) in [5.41, 5.74) is 0.551. The van der Waals surface area contributed by atoms with E-state index in [1.807, 2.05) is 6.92 Å². The highest BCUT2D eigenvalue weighted by Gasteiger charge is 2.28. The predicted molar refractivity (Wildman–Crippen MR) is 79.1 cm³/mol. The lowest BCUT2D eigenvalue weighted by molar-refractivity contribution is 0.0696. The van der Waals surface area contributed by atoms with Gasteiger partial charge < -0.3 is 9.84 Å². The van der Waals surface area contributed by atoms with Crippen molar-refractivity contribution in [3.8, 4) is 0 Å². The second-order valence-electron chi connectivity index (χ2n) is 4.81. The Bertz CT molecular complexity index is 612. The fourth-order valence-electron chi connectivity index (χ4n) is 1.96. The first-order valence-electron chi connectivity index (χ1n) is 6.58. The van der Waals surface area contributed by atoms with E-state index in [9.17, 15) is 13.2 Å². The Morgan fingerprint density at radius 3 is 2.52 bits per heavy atom. The maximum atomic E-state index is 12.7. The lowest BCUT2D eigenvalue weighted by Crippen LogP contribution is -2.38. The summed E-state index contributed by atoms with van der Waals surface area (Å²) in [7, 11) is -0.806. The lowest BCUT2D eigenvalue weighted by atomic mass is 10.1. The minimum Gasteiger partial charge on any atom is -0.478 e. The number of carboxylic acid groups (broad SMARTS) is 1. The zero-order valence-electron chi connectivity index (χ0n) is 12.7. The van der Waals surface area contributed by atoms with Crippen LogP contribution in [0, 0.1) is 0 Å². The summed E-state index contributed by atoms with van der Waals surface area (Å²) in [6, 6.07) is 3.83. The second-order valence-corrected chi connectivity index (χ2v) is 6.77. The van der Waals surface area contributed by atoms with E-state index < -0.39 is 16.0 Å². The molecule has 7 heteroatoms. The molecule has 0 aromatic heterocycles. The van der Waals surface area contributed by atoms with Gasteiger partial charge in [-0.15, -0.1) is 0 Å². The van der Waals surface area contributed by atoms with Crippen LogP contribution in [0.25, 0.3) is 0 Å². The van der Waals surface area contributed by atoms with Crippen molar-refractivity contribution in [2.24, 2.45) is 0 Å². The molecule has 0 spiro atoms. The number of likely N-dealkylation sites (N-methyl/N-ethyl adjacent to an activating group) is 1. The number of methoxy groups -OCH3 is 1. The predicted octanol–water partition coefficient (Wildman–Crippen LogP) is 1.60. The number of hydrogen-bond acceptors (Lipinski definition) is 4. The van der Waals surface area contributed by atoms with Gasteiger partial charge in [-0.3, -0.25) is 0 Å². The molecule has 21 heavy (non-hydrogen) atoms. The molecule has 0 aliphatic carbocycles. The number of ether oxygens (including phenoxy) is 1. The van der Waals surface area contributed by atoms with Crippen LogP contribution in [-0.2, 0) is 21.2 Å². The highest BCUT2D eigenvalue weighted by Crippen LogP contribution is 2.23. The Morgan fingerprint density at radius 1 is 1.43 bits per heavy atom.